The summed E-state index contributed by atoms with van der Waals surface area (Å²) in [5.74, 6) is -0.356. The van der Waals surface area contributed by atoms with Crippen LogP contribution in [-0.2, 0) is 10.9 Å². The van der Waals surface area contributed by atoms with E-state index in [9.17, 15) is 22.8 Å². The first-order chi connectivity index (χ1) is 15.8. The highest BCUT2D eigenvalue weighted by atomic mass is 19.4. The predicted molar refractivity (Wildman–Crippen MR) is 109 cm³/mol. The maximum atomic E-state index is 13.9. The number of nitriles is 1. The summed E-state index contributed by atoms with van der Waals surface area (Å²) >= 11 is 0. The molecule has 1 aromatic carbocycles. The zero-order valence-corrected chi connectivity index (χ0v) is 17.2. The molecule has 1 saturated heterocycles. The van der Waals surface area contributed by atoms with Gasteiger partial charge in [0.1, 0.15) is 35.1 Å². The Bertz CT molecular complexity index is 1230. The molecule has 0 unspecified atom stereocenters. The minimum Gasteiger partial charge on any atom is -0.493 e. The number of anilines is 1. The van der Waals surface area contributed by atoms with Crippen LogP contribution in [0.2, 0.25) is 0 Å². The summed E-state index contributed by atoms with van der Waals surface area (Å²) in [6.07, 6.45) is -2.45. The number of hydrogen-bond donors (Lipinski definition) is 2. The minimum atomic E-state index is -4.57. The normalized spacial score (nSPS) is 22.3. The minimum absolute atomic E-state index is 0.0313. The van der Waals surface area contributed by atoms with Crippen LogP contribution in [0, 0.1) is 28.5 Å². The summed E-state index contributed by atoms with van der Waals surface area (Å²) in [5, 5.41) is 13.5. The average Bonchev–Trinajstić information content (AvgIpc) is 3.26. The number of hydrogen-bond acceptors (Lipinski definition) is 6. The molecule has 0 aliphatic carbocycles. The number of nitrogens with zero attached hydrogens (tertiary/aromatic N) is 3. The highest BCUT2D eigenvalue weighted by Gasteiger charge is 2.48. The van der Waals surface area contributed by atoms with Crippen LogP contribution in [0.25, 0.3) is 11.0 Å². The van der Waals surface area contributed by atoms with Crippen LogP contribution in [0.1, 0.15) is 30.1 Å². The van der Waals surface area contributed by atoms with Gasteiger partial charge in [-0.25, -0.2) is 14.4 Å². The number of halogens is 4. The van der Waals surface area contributed by atoms with Crippen LogP contribution in [-0.4, -0.2) is 34.8 Å². The molecule has 1 fully saturated rings. The number of benzene rings is 1. The van der Waals surface area contributed by atoms with Crippen molar-refractivity contribution in [2.75, 3.05) is 25.1 Å². The fourth-order valence-corrected chi connectivity index (χ4v) is 4.70. The van der Waals surface area contributed by atoms with Crippen LogP contribution >= 0.6 is 0 Å². The van der Waals surface area contributed by atoms with E-state index in [0.717, 1.165) is 12.4 Å². The number of fused-ring (bicyclic) bond motifs is 2. The molecule has 2 N–H and O–H groups in total. The van der Waals surface area contributed by atoms with Crippen molar-refractivity contribution in [1.82, 2.24) is 15.0 Å². The van der Waals surface area contributed by atoms with Gasteiger partial charge in [-0.2, -0.15) is 18.4 Å². The van der Waals surface area contributed by atoms with Crippen molar-refractivity contribution >= 4 is 16.9 Å². The maximum absolute atomic E-state index is 13.9. The third-order valence-electron chi connectivity index (χ3n) is 6.47. The molecule has 4 heterocycles. The summed E-state index contributed by atoms with van der Waals surface area (Å²) < 4.78 is 64.9. The highest BCUT2D eigenvalue weighted by Crippen LogP contribution is 2.49. The molecule has 2 aliphatic rings. The standard InChI is InChI=1S/C22H19F4N5O2/c23-12-1-2-13-16(7-12)33-9-15(21(10-27)3-5-32-6-4-21)18(13)31-20-14-8-17(22(24,25)26)30-19(14)28-11-29-20/h1-2,7-8,11,15,18H,3-6,9H2,(H2,28,29,30,31)/t15-,18-/m0/s1. The zero-order valence-electron chi connectivity index (χ0n) is 17.2. The van der Waals surface area contributed by atoms with Crippen molar-refractivity contribution in [2.45, 2.75) is 25.1 Å². The molecule has 0 saturated carbocycles. The van der Waals surface area contributed by atoms with Crippen molar-refractivity contribution in [3.8, 4) is 11.8 Å². The molecule has 3 aromatic rings. The van der Waals surface area contributed by atoms with E-state index in [0.29, 0.717) is 37.4 Å². The van der Waals surface area contributed by atoms with E-state index >= 15 is 0 Å². The van der Waals surface area contributed by atoms with Gasteiger partial charge in [0.15, 0.2) is 0 Å². The lowest BCUT2D eigenvalue weighted by Crippen LogP contribution is -2.45. The fourth-order valence-electron chi connectivity index (χ4n) is 4.70. The van der Waals surface area contributed by atoms with Gasteiger partial charge in [0.05, 0.1) is 29.5 Å². The Kier molecular flexibility index (Phi) is 5.12. The summed E-state index contributed by atoms with van der Waals surface area (Å²) in [7, 11) is 0. The largest absolute Gasteiger partial charge is 0.493 e. The van der Waals surface area contributed by atoms with Crippen molar-refractivity contribution in [2.24, 2.45) is 11.3 Å². The van der Waals surface area contributed by atoms with Gasteiger partial charge < -0.3 is 19.8 Å². The Morgan fingerprint density at radius 3 is 2.70 bits per heavy atom. The van der Waals surface area contributed by atoms with Crippen molar-refractivity contribution in [3.63, 3.8) is 0 Å². The van der Waals surface area contributed by atoms with E-state index in [-0.39, 0.29) is 29.4 Å². The number of aromatic amines is 1. The molecule has 0 radical (unpaired) electrons. The van der Waals surface area contributed by atoms with E-state index < -0.39 is 29.1 Å². The molecule has 0 spiro atoms. The molecule has 0 amide bonds. The van der Waals surface area contributed by atoms with Gasteiger partial charge in [-0.15, -0.1) is 0 Å². The molecule has 2 aromatic heterocycles. The number of nitrogens with one attached hydrogen (secondary N) is 2. The van der Waals surface area contributed by atoms with Crippen molar-refractivity contribution in [1.29, 1.82) is 5.26 Å². The Hall–Kier alpha value is -3.39. The summed E-state index contributed by atoms with van der Waals surface area (Å²) in [5.41, 5.74) is -1.09. The third kappa shape index (κ3) is 3.74. The molecular weight excluding hydrogens is 442 g/mol. The number of alkyl halides is 3. The smallest absolute Gasteiger partial charge is 0.431 e. The van der Waals surface area contributed by atoms with Gasteiger partial charge in [-0.1, -0.05) is 6.07 Å². The van der Waals surface area contributed by atoms with Gasteiger partial charge in [0.2, 0.25) is 0 Å². The second-order valence-electron chi connectivity index (χ2n) is 8.27. The molecule has 2 aliphatic heterocycles. The average molecular weight is 461 g/mol. The van der Waals surface area contributed by atoms with Gasteiger partial charge in [-0.3, -0.25) is 0 Å². The van der Waals surface area contributed by atoms with Crippen LogP contribution < -0.4 is 10.1 Å². The first-order valence-corrected chi connectivity index (χ1v) is 10.4. The first kappa shape index (κ1) is 21.5. The zero-order chi connectivity index (χ0) is 23.2. The molecule has 0 bridgehead atoms. The molecule has 172 valence electrons. The van der Waals surface area contributed by atoms with Crippen molar-refractivity contribution in [3.05, 3.63) is 47.7 Å². The van der Waals surface area contributed by atoms with Gasteiger partial charge in [0, 0.05) is 30.8 Å². The molecular formula is C22H19F4N5O2. The van der Waals surface area contributed by atoms with Crippen LogP contribution in [0.5, 0.6) is 5.75 Å². The topological polar surface area (TPSA) is 95.9 Å². The van der Waals surface area contributed by atoms with E-state index in [1.165, 1.54) is 12.1 Å². The second kappa shape index (κ2) is 7.88. The number of rotatable bonds is 3. The van der Waals surface area contributed by atoms with Gasteiger partial charge >= 0.3 is 6.18 Å². The second-order valence-corrected chi connectivity index (χ2v) is 8.27. The van der Waals surface area contributed by atoms with E-state index in [2.05, 4.69) is 26.3 Å². The fraction of sp³-hybridized carbons (Fsp3) is 0.409. The molecule has 2 atom stereocenters. The third-order valence-corrected chi connectivity index (χ3v) is 6.47. The van der Waals surface area contributed by atoms with E-state index in [1.54, 1.807) is 6.07 Å². The van der Waals surface area contributed by atoms with E-state index in [4.69, 9.17) is 9.47 Å². The summed E-state index contributed by atoms with van der Waals surface area (Å²) in [4.78, 5) is 10.4. The predicted octanol–water partition coefficient (Wildman–Crippen LogP) is 4.60. The van der Waals surface area contributed by atoms with Crippen LogP contribution in [0.3, 0.4) is 0 Å². The van der Waals surface area contributed by atoms with Crippen molar-refractivity contribution < 1.29 is 27.0 Å². The lowest BCUT2D eigenvalue weighted by atomic mass is 9.66. The maximum Gasteiger partial charge on any atom is 0.431 e. The van der Waals surface area contributed by atoms with Crippen LogP contribution in [0.4, 0.5) is 23.4 Å². The summed E-state index contributed by atoms with van der Waals surface area (Å²) in [6.45, 7) is 0.964. The lowest BCUT2D eigenvalue weighted by molar-refractivity contribution is -0.140. The molecule has 11 heteroatoms. The Labute approximate surface area is 185 Å². The summed E-state index contributed by atoms with van der Waals surface area (Å²) in [6, 6.07) is 6.95. The molecule has 33 heavy (non-hydrogen) atoms. The highest BCUT2D eigenvalue weighted by molar-refractivity contribution is 5.88. The van der Waals surface area contributed by atoms with E-state index in [1.807, 2.05) is 0 Å². The SMILES string of the molecule is N#CC1([C@H]2COc3cc(F)ccc3[C@@H]2Nc2ncnc3[nH]c(C(F)(F)F)cc23)CCOCC1. The number of aromatic nitrogens is 3. The molecule has 5 rings (SSSR count). The first-order valence-electron chi connectivity index (χ1n) is 10.4. The quantitative estimate of drug-likeness (QED) is 0.554. The van der Waals surface area contributed by atoms with Gasteiger partial charge in [-0.05, 0) is 25.0 Å². The molecule has 7 nitrogen and oxygen atoms in total. The Morgan fingerprint density at radius 1 is 1.18 bits per heavy atom. The Morgan fingerprint density at radius 2 is 1.97 bits per heavy atom. The monoisotopic (exact) mass is 461 g/mol. The lowest BCUT2D eigenvalue weighted by Gasteiger charge is -2.44. The van der Waals surface area contributed by atoms with Gasteiger partial charge in [0.25, 0.3) is 0 Å². The Balaban J connectivity index is 1.60. The number of ether oxygens (including phenoxy) is 2. The van der Waals surface area contributed by atoms with Crippen LogP contribution in [0.15, 0.2) is 30.6 Å². The number of H-pyrrole nitrogens is 1.